The van der Waals surface area contributed by atoms with Gasteiger partial charge >= 0.3 is 0 Å². The summed E-state index contributed by atoms with van der Waals surface area (Å²) in [6.07, 6.45) is 3.28. The molecule has 98 valence electrons. The maximum Gasteiger partial charge on any atom is -0.0233 e. The molecule has 0 spiro atoms. The van der Waals surface area contributed by atoms with E-state index in [1.165, 1.54) is 5.56 Å². The first kappa shape index (κ1) is 16.7. The second kappa shape index (κ2) is 12.1. The predicted molar refractivity (Wildman–Crippen MR) is 88.0 cm³/mol. The summed E-state index contributed by atoms with van der Waals surface area (Å²) in [5.74, 6) is 0. The van der Waals surface area contributed by atoms with Crippen molar-refractivity contribution in [2.45, 2.75) is 6.92 Å². The van der Waals surface area contributed by atoms with Gasteiger partial charge < -0.3 is 0 Å². The van der Waals surface area contributed by atoms with Gasteiger partial charge in [-0.3, -0.25) is 0 Å². The van der Waals surface area contributed by atoms with Crippen molar-refractivity contribution in [1.29, 1.82) is 0 Å². The molecule has 0 aliphatic heterocycles. The molecule has 0 unspecified atom stereocenters. The van der Waals surface area contributed by atoms with E-state index >= 15 is 0 Å². The lowest BCUT2D eigenvalue weighted by molar-refractivity contribution is 1.58. The molecule has 0 heteroatoms. The van der Waals surface area contributed by atoms with E-state index in [0.29, 0.717) is 0 Å². The van der Waals surface area contributed by atoms with Crippen LogP contribution < -0.4 is 0 Å². The van der Waals surface area contributed by atoms with Gasteiger partial charge in [0.2, 0.25) is 0 Å². The van der Waals surface area contributed by atoms with Crippen molar-refractivity contribution in [3.63, 3.8) is 0 Å². The minimum atomic E-state index is 1.12. The van der Waals surface area contributed by atoms with E-state index in [2.05, 4.69) is 31.9 Å². The molecule has 0 fully saturated rings. The molecule has 0 saturated carbocycles. The van der Waals surface area contributed by atoms with Crippen LogP contribution in [0.4, 0.5) is 0 Å². The Balaban J connectivity index is 0.000000281. The summed E-state index contributed by atoms with van der Waals surface area (Å²) in [5, 5.41) is 0. The average Bonchev–Trinajstić information content (AvgIpc) is 2.51. The molecule has 2 rings (SSSR count). The van der Waals surface area contributed by atoms with E-state index in [0.717, 1.165) is 5.57 Å². The molecule has 2 aromatic carbocycles. The average molecular weight is 250 g/mol. The minimum absolute atomic E-state index is 1.12. The summed E-state index contributed by atoms with van der Waals surface area (Å²) in [6, 6.07) is 22.2. The maximum atomic E-state index is 3.83. The molecule has 0 aromatic heterocycles. The van der Waals surface area contributed by atoms with Gasteiger partial charge in [-0.15, -0.1) is 0 Å². The van der Waals surface area contributed by atoms with Gasteiger partial charge in [-0.2, -0.15) is 0 Å². The van der Waals surface area contributed by atoms with Crippen molar-refractivity contribution in [3.8, 4) is 0 Å². The highest BCUT2D eigenvalue weighted by Crippen LogP contribution is 2.08. The maximum absolute atomic E-state index is 3.83. The molecule has 0 atom stereocenters. The van der Waals surface area contributed by atoms with Crippen LogP contribution in [0.3, 0.4) is 0 Å². The number of rotatable bonds is 2. The van der Waals surface area contributed by atoms with Crippen LogP contribution in [-0.2, 0) is 0 Å². The SMILES string of the molecule is C=C(C)c1ccccc1.C=CC=C.c1ccccc1. The molecular weight excluding hydrogens is 228 g/mol. The van der Waals surface area contributed by atoms with E-state index < -0.39 is 0 Å². The fourth-order valence-corrected chi connectivity index (χ4v) is 1.11. The van der Waals surface area contributed by atoms with E-state index in [1.807, 2.05) is 61.5 Å². The zero-order chi connectivity index (χ0) is 14.3. The number of hydrogen-bond donors (Lipinski definition) is 0. The fourth-order valence-electron chi connectivity index (χ4n) is 1.11. The smallest absolute Gasteiger partial charge is 0.0233 e. The highest BCUT2D eigenvalue weighted by atomic mass is 13.9. The highest BCUT2D eigenvalue weighted by Gasteiger charge is 1.86. The first-order chi connectivity index (χ1) is 9.22. The molecule has 0 aliphatic rings. The molecule has 19 heavy (non-hydrogen) atoms. The molecule has 0 N–H and O–H groups in total. The zero-order valence-electron chi connectivity index (χ0n) is 11.6. The van der Waals surface area contributed by atoms with Crippen LogP contribution in [0.25, 0.3) is 5.57 Å². The Labute approximate surface area is 117 Å². The van der Waals surface area contributed by atoms with Crippen molar-refractivity contribution < 1.29 is 0 Å². The summed E-state index contributed by atoms with van der Waals surface area (Å²) >= 11 is 0. The van der Waals surface area contributed by atoms with E-state index in [1.54, 1.807) is 12.2 Å². The summed E-state index contributed by atoms with van der Waals surface area (Å²) in [6.45, 7) is 12.6. The molecular formula is C19H22. The fraction of sp³-hybridized carbons (Fsp3) is 0.0526. The van der Waals surface area contributed by atoms with Gasteiger partial charge in [0.05, 0.1) is 0 Å². The summed E-state index contributed by atoms with van der Waals surface area (Å²) in [4.78, 5) is 0. The number of benzene rings is 2. The van der Waals surface area contributed by atoms with Gasteiger partial charge in [-0.25, -0.2) is 0 Å². The van der Waals surface area contributed by atoms with Gasteiger partial charge in [-0.1, -0.05) is 104 Å². The first-order valence-corrected chi connectivity index (χ1v) is 6.16. The van der Waals surface area contributed by atoms with Crippen LogP contribution in [-0.4, -0.2) is 0 Å². The largest absolute Gasteiger partial charge is 0.0991 e. The Morgan fingerprint density at radius 1 is 0.737 bits per heavy atom. The zero-order valence-corrected chi connectivity index (χ0v) is 11.6. The van der Waals surface area contributed by atoms with Crippen LogP contribution in [0.2, 0.25) is 0 Å². The number of allylic oxidation sites excluding steroid dienone is 3. The standard InChI is InChI=1S/C9H10.C6H6.C4H6/c1-8(2)9-6-4-3-5-7-9;1-2-4-6-5-3-1;1-3-4-2/h3-7H,1H2,2H3;1-6H;3-4H,1-2H2. The molecule has 0 radical (unpaired) electrons. The predicted octanol–water partition coefficient (Wildman–Crippen LogP) is 5.76. The molecule has 0 nitrogen and oxygen atoms in total. The normalized spacial score (nSPS) is 7.84. The minimum Gasteiger partial charge on any atom is -0.0991 e. The Kier molecular flexibility index (Phi) is 10.6. The third kappa shape index (κ3) is 10.5. The lowest BCUT2D eigenvalue weighted by atomic mass is 10.1. The number of hydrogen-bond acceptors (Lipinski definition) is 0. The van der Waals surface area contributed by atoms with Crippen LogP contribution in [0.15, 0.2) is 98.6 Å². The lowest BCUT2D eigenvalue weighted by Gasteiger charge is -1.94. The Morgan fingerprint density at radius 2 is 1.05 bits per heavy atom. The van der Waals surface area contributed by atoms with Crippen molar-refractivity contribution >= 4 is 5.57 Å². The Hall–Kier alpha value is -2.34. The molecule has 0 aliphatic carbocycles. The lowest BCUT2D eigenvalue weighted by Crippen LogP contribution is -1.72. The van der Waals surface area contributed by atoms with Gasteiger partial charge in [-0.05, 0) is 12.5 Å². The molecule has 2 aromatic rings. The van der Waals surface area contributed by atoms with Crippen LogP contribution >= 0.6 is 0 Å². The summed E-state index contributed by atoms with van der Waals surface area (Å²) in [5.41, 5.74) is 2.34. The molecule has 0 amide bonds. The topological polar surface area (TPSA) is 0 Å². The van der Waals surface area contributed by atoms with Gasteiger partial charge in [0, 0.05) is 0 Å². The quantitative estimate of drug-likeness (QED) is 0.594. The second-order valence-electron chi connectivity index (χ2n) is 3.77. The third-order valence-electron chi connectivity index (χ3n) is 2.10. The van der Waals surface area contributed by atoms with E-state index in [-0.39, 0.29) is 0 Å². The molecule has 0 saturated heterocycles. The second-order valence-corrected chi connectivity index (χ2v) is 3.77. The third-order valence-corrected chi connectivity index (χ3v) is 2.10. The van der Waals surface area contributed by atoms with E-state index in [9.17, 15) is 0 Å². The van der Waals surface area contributed by atoms with Crippen LogP contribution in [0.5, 0.6) is 0 Å². The van der Waals surface area contributed by atoms with Crippen LogP contribution in [0, 0.1) is 0 Å². The Bertz CT molecular complexity index is 419. The van der Waals surface area contributed by atoms with Gasteiger partial charge in [0.25, 0.3) is 0 Å². The van der Waals surface area contributed by atoms with Gasteiger partial charge in [0.15, 0.2) is 0 Å². The van der Waals surface area contributed by atoms with Gasteiger partial charge in [0.1, 0.15) is 0 Å². The molecule has 0 heterocycles. The molecule has 0 bridgehead atoms. The van der Waals surface area contributed by atoms with Crippen molar-refractivity contribution in [2.75, 3.05) is 0 Å². The van der Waals surface area contributed by atoms with Crippen molar-refractivity contribution in [1.82, 2.24) is 0 Å². The first-order valence-electron chi connectivity index (χ1n) is 6.16. The van der Waals surface area contributed by atoms with Crippen LogP contribution in [0.1, 0.15) is 12.5 Å². The summed E-state index contributed by atoms with van der Waals surface area (Å²) < 4.78 is 0. The Morgan fingerprint density at radius 3 is 1.26 bits per heavy atom. The summed E-state index contributed by atoms with van der Waals surface area (Å²) in [7, 11) is 0. The van der Waals surface area contributed by atoms with E-state index in [4.69, 9.17) is 0 Å². The monoisotopic (exact) mass is 250 g/mol. The van der Waals surface area contributed by atoms with Crippen molar-refractivity contribution in [3.05, 3.63) is 104 Å². The van der Waals surface area contributed by atoms with Crippen molar-refractivity contribution in [2.24, 2.45) is 0 Å². The highest BCUT2D eigenvalue weighted by molar-refractivity contribution is 5.60.